The molecule has 1 amide bonds. The van der Waals surface area contributed by atoms with Crippen molar-refractivity contribution in [1.82, 2.24) is 30.1 Å². The Labute approximate surface area is 144 Å². The number of carbonyl (C=O) groups is 1. The number of nitrogens with one attached hydrogen (secondary N) is 2. The minimum absolute atomic E-state index is 0.0331. The summed E-state index contributed by atoms with van der Waals surface area (Å²) in [7, 11) is 0. The van der Waals surface area contributed by atoms with Crippen LogP contribution in [-0.4, -0.2) is 37.2 Å². The highest BCUT2D eigenvalue weighted by atomic mass is 16.1. The van der Waals surface area contributed by atoms with Crippen molar-refractivity contribution in [1.29, 1.82) is 5.26 Å². The number of hydrogen-bond acceptors (Lipinski definition) is 5. The van der Waals surface area contributed by atoms with Crippen LogP contribution in [0.25, 0.3) is 16.6 Å². The number of hydrogen-bond donors (Lipinski definition) is 2. The van der Waals surface area contributed by atoms with Gasteiger partial charge in [0.05, 0.1) is 18.2 Å². The second-order valence-corrected chi connectivity index (χ2v) is 6.50. The van der Waals surface area contributed by atoms with Gasteiger partial charge in [-0.25, -0.2) is 9.50 Å². The number of amides is 1. The van der Waals surface area contributed by atoms with Crippen molar-refractivity contribution in [3.63, 3.8) is 0 Å². The number of aromatic amines is 1. The maximum absolute atomic E-state index is 12.2. The Morgan fingerprint density at radius 3 is 3.04 bits per heavy atom. The molecule has 3 aromatic heterocycles. The van der Waals surface area contributed by atoms with Gasteiger partial charge in [-0.05, 0) is 31.7 Å². The Balaban J connectivity index is 1.50. The number of H-pyrrole nitrogens is 1. The average molecular weight is 337 g/mol. The van der Waals surface area contributed by atoms with E-state index in [9.17, 15) is 4.79 Å². The molecule has 0 atom stereocenters. The van der Waals surface area contributed by atoms with Crippen molar-refractivity contribution in [3.8, 4) is 6.07 Å². The normalized spacial score (nSPS) is 20.6. The zero-order valence-corrected chi connectivity index (χ0v) is 13.8. The standard InChI is InChI=1S/C17H19N7O/c18-7-1-8-20-17(25)12-4-2-11(3-5-12)14-15-13-6-9-19-16(13)21-10-24(15)23-22-14/h6,9-12,19H,1-5,8H2,(H,20,25). The van der Waals surface area contributed by atoms with E-state index in [0.717, 1.165) is 47.9 Å². The molecule has 0 aliphatic heterocycles. The summed E-state index contributed by atoms with van der Waals surface area (Å²) in [6.45, 7) is 0.434. The molecule has 128 valence electrons. The highest BCUT2D eigenvalue weighted by Crippen LogP contribution is 2.37. The first-order valence-corrected chi connectivity index (χ1v) is 8.59. The van der Waals surface area contributed by atoms with E-state index in [1.807, 2.05) is 18.3 Å². The van der Waals surface area contributed by atoms with Gasteiger partial charge in [-0.15, -0.1) is 5.10 Å². The van der Waals surface area contributed by atoms with E-state index in [0.29, 0.717) is 18.9 Å². The fourth-order valence-electron chi connectivity index (χ4n) is 3.71. The van der Waals surface area contributed by atoms with Crippen molar-refractivity contribution in [3.05, 3.63) is 24.3 Å². The number of rotatable bonds is 4. The third kappa shape index (κ3) is 2.82. The molecule has 1 saturated carbocycles. The van der Waals surface area contributed by atoms with E-state index in [4.69, 9.17) is 5.26 Å². The maximum Gasteiger partial charge on any atom is 0.223 e. The largest absolute Gasteiger partial charge is 0.355 e. The molecule has 0 unspecified atom stereocenters. The zero-order chi connectivity index (χ0) is 17.2. The molecule has 0 saturated heterocycles. The second-order valence-electron chi connectivity index (χ2n) is 6.50. The molecule has 3 heterocycles. The number of carbonyl (C=O) groups excluding carboxylic acids is 1. The summed E-state index contributed by atoms with van der Waals surface area (Å²) < 4.78 is 1.73. The predicted molar refractivity (Wildman–Crippen MR) is 90.6 cm³/mol. The molecular formula is C17H19N7O. The monoisotopic (exact) mass is 337 g/mol. The Morgan fingerprint density at radius 2 is 2.24 bits per heavy atom. The minimum Gasteiger partial charge on any atom is -0.355 e. The lowest BCUT2D eigenvalue weighted by molar-refractivity contribution is -0.125. The van der Waals surface area contributed by atoms with Gasteiger partial charge in [-0.2, -0.15) is 5.26 Å². The van der Waals surface area contributed by atoms with Crippen molar-refractivity contribution >= 4 is 22.5 Å². The molecule has 4 rings (SSSR count). The Morgan fingerprint density at radius 1 is 1.40 bits per heavy atom. The van der Waals surface area contributed by atoms with Crippen molar-refractivity contribution in [2.24, 2.45) is 5.92 Å². The van der Waals surface area contributed by atoms with E-state index in [-0.39, 0.29) is 11.8 Å². The van der Waals surface area contributed by atoms with Crippen LogP contribution in [0.4, 0.5) is 0 Å². The van der Waals surface area contributed by atoms with Gasteiger partial charge in [-0.3, -0.25) is 4.79 Å². The molecule has 1 fully saturated rings. The molecule has 25 heavy (non-hydrogen) atoms. The van der Waals surface area contributed by atoms with Gasteiger partial charge in [0, 0.05) is 30.0 Å². The number of nitriles is 1. The lowest BCUT2D eigenvalue weighted by Gasteiger charge is -2.26. The average Bonchev–Trinajstić information content (AvgIpc) is 3.28. The summed E-state index contributed by atoms with van der Waals surface area (Å²) >= 11 is 0. The van der Waals surface area contributed by atoms with Gasteiger partial charge in [0.1, 0.15) is 17.5 Å². The van der Waals surface area contributed by atoms with Crippen LogP contribution in [0.2, 0.25) is 0 Å². The van der Waals surface area contributed by atoms with Crippen LogP contribution in [0.15, 0.2) is 18.6 Å². The quantitative estimate of drug-likeness (QED) is 0.706. The molecule has 8 nitrogen and oxygen atoms in total. The van der Waals surface area contributed by atoms with Crippen molar-refractivity contribution < 1.29 is 4.79 Å². The topological polar surface area (TPSA) is 112 Å². The molecule has 8 heteroatoms. The second kappa shape index (κ2) is 6.51. The first-order chi connectivity index (χ1) is 12.3. The molecule has 2 N–H and O–H groups in total. The van der Waals surface area contributed by atoms with E-state index in [2.05, 4.69) is 25.6 Å². The zero-order valence-electron chi connectivity index (χ0n) is 13.8. The summed E-state index contributed by atoms with van der Waals surface area (Å²) in [5.74, 6) is 0.408. The number of nitrogens with zero attached hydrogens (tertiary/aromatic N) is 5. The summed E-state index contributed by atoms with van der Waals surface area (Å²) in [6, 6.07) is 4.04. The Kier molecular flexibility index (Phi) is 4.06. The van der Waals surface area contributed by atoms with Crippen LogP contribution >= 0.6 is 0 Å². The molecule has 0 aromatic carbocycles. The van der Waals surface area contributed by atoms with Gasteiger partial charge < -0.3 is 10.3 Å². The minimum atomic E-state index is 0.0331. The summed E-state index contributed by atoms with van der Waals surface area (Å²) in [5.41, 5.74) is 2.84. The van der Waals surface area contributed by atoms with Crippen LogP contribution < -0.4 is 5.32 Å². The van der Waals surface area contributed by atoms with Gasteiger partial charge in [-0.1, -0.05) is 5.21 Å². The fraction of sp³-hybridized carbons (Fsp3) is 0.471. The van der Waals surface area contributed by atoms with Crippen LogP contribution in [-0.2, 0) is 4.79 Å². The van der Waals surface area contributed by atoms with Crippen molar-refractivity contribution in [2.75, 3.05) is 6.54 Å². The van der Waals surface area contributed by atoms with Gasteiger partial charge in [0.15, 0.2) is 0 Å². The van der Waals surface area contributed by atoms with Gasteiger partial charge in [0.2, 0.25) is 5.91 Å². The fourth-order valence-corrected chi connectivity index (χ4v) is 3.71. The van der Waals surface area contributed by atoms with E-state index in [1.165, 1.54) is 0 Å². The summed E-state index contributed by atoms with van der Waals surface area (Å²) in [4.78, 5) is 19.6. The van der Waals surface area contributed by atoms with Crippen LogP contribution in [0.1, 0.15) is 43.7 Å². The van der Waals surface area contributed by atoms with E-state index >= 15 is 0 Å². The SMILES string of the molecule is N#CCCNC(=O)C1CCC(c2nnn3cnc4[nH]ccc4c23)CC1. The molecule has 0 radical (unpaired) electrons. The van der Waals surface area contributed by atoms with Gasteiger partial charge >= 0.3 is 0 Å². The van der Waals surface area contributed by atoms with Crippen molar-refractivity contribution in [2.45, 2.75) is 38.0 Å². The Hall–Kier alpha value is -2.95. The molecule has 0 bridgehead atoms. The molecule has 1 aliphatic rings. The van der Waals surface area contributed by atoms with Gasteiger partial charge in [0.25, 0.3) is 0 Å². The number of aromatic nitrogens is 5. The number of fused-ring (bicyclic) bond motifs is 3. The van der Waals surface area contributed by atoms with Crippen LogP contribution in [0, 0.1) is 17.2 Å². The molecule has 1 aliphatic carbocycles. The molecule has 3 aromatic rings. The highest BCUT2D eigenvalue weighted by Gasteiger charge is 2.29. The lowest BCUT2D eigenvalue weighted by atomic mass is 9.79. The third-order valence-corrected chi connectivity index (χ3v) is 5.02. The summed E-state index contributed by atoms with van der Waals surface area (Å²) in [6.07, 6.45) is 7.41. The first kappa shape index (κ1) is 15.6. The Bertz CT molecular complexity index is 943. The molecular weight excluding hydrogens is 318 g/mol. The third-order valence-electron chi connectivity index (χ3n) is 5.02. The molecule has 0 spiro atoms. The highest BCUT2D eigenvalue weighted by molar-refractivity contribution is 5.92. The smallest absolute Gasteiger partial charge is 0.223 e. The maximum atomic E-state index is 12.2. The van der Waals surface area contributed by atoms with E-state index < -0.39 is 0 Å². The van der Waals surface area contributed by atoms with E-state index in [1.54, 1.807) is 10.8 Å². The van der Waals surface area contributed by atoms with Crippen LogP contribution in [0.5, 0.6) is 0 Å². The lowest BCUT2D eigenvalue weighted by Crippen LogP contribution is -2.33. The van der Waals surface area contributed by atoms with Crippen LogP contribution in [0.3, 0.4) is 0 Å². The summed E-state index contributed by atoms with van der Waals surface area (Å²) in [5, 5.41) is 21.0. The first-order valence-electron chi connectivity index (χ1n) is 8.59. The predicted octanol–water partition coefficient (Wildman–Crippen LogP) is 1.91.